The second-order valence-corrected chi connectivity index (χ2v) is 2.89. The average molecular weight is 180 g/mol. The van der Waals surface area contributed by atoms with E-state index in [-0.39, 0.29) is 25.2 Å². The van der Waals surface area contributed by atoms with E-state index in [9.17, 15) is 9.90 Å². The summed E-state index contributed by atoms with van der Waals surface area (Å²) >= 11 is 0. The molecule has 0 aromatic heterocycles. The van der Waals surface area contributed by atoms with Crippen LogP contribution in [0.25, 0.3) is 0 Å². The van der Waals surface area contributed by atoms with E-state index < -0.39 is 12.1 Å². The normalized spacial score (nSPS) is 24.5. The van der Waals surface area contributed by atoms with Crippen molar-refractivity contribution in [2.45, 2.75) is 38.6 Å². The van der Waals surface area contributed by atoms with Gasteiger partial charge in [-0.15, -0.1) is 0 Å². The number of carboxylic acids is 1. The molecule has 1 heterocycles. The van der Waals surface area contributed by atoms with E-state index in [4.69, 9.17) is 9.47 Å². The molecule has 0 N–H and O–H groups in total. The third kappa shape index (κ3) is 4.68. The second kappa shape index (κ2) is 6.44. The fourth-order valence-electron chi connectivity index (χ4n) is 1.10. The molecule has 1 aliphatic rings. The molecular formula is C8H13LiO4. The topological polar surface area (TPSA) is 58.6 Å². The minimum absolute atomic E-state index is 0. The van der Waals surface area contributed by atoms with Gasteiger partial charge in [-0.05, 0) is 26.2 Å². The van der Waals surface area contributed by atoms with Gasteiger partial charge >= 0.3 is 18.9 Å². The Balaban J connectivity index is 0.00000144. The van der Waals surface area contributed by atoms with Crippen molar-refractivity contribution in [2.24, 2.45) is 0 Å². The van der Waals surface area contributed by atoms with Gasteiger partial charge in [0, 0.05) is 6.61 Å². The smallest absolute Gasteiger partial charge is 0.547 e. The molecule has 1 unspecified atom stereocenters. The van der Waals surface area contributed by atoms with Crippen LogP contribution in [-0.4, -0.2) is 25.0 Å². The molecule has 0 amide bonds. The van der Waals surface area contributed by atoms with Crippen LogP contribution in [-0.2, 0) is 14.3 Å². The SMILES string of the molecule is C[C@@H](OC1CCCCO1)C(=O)[O-].[Li+]. The Kier molecular flexibility index (Phi) is 6.44. The van der Waals surface area contributed by atoms with Gasteiger partial charge in [-0.3, -0.25) is 0 Å². The van der Waals surface area contributed by atoms with Gasteiger partial charge in [0.1, 0.15) is 0 Å². The van der Waals surface area contributed by atoms with Crippen molar-refractivity contribution in [1.82, 2.24) is 0 Å². The van der Waals surface area contributed by atoms with Gasteiger partial charge in [-0.2, -0.15) is 0 Å². The van der Waals surface area contributed by atoms with Crippen molar-refractivity contribution in [1.29, 1.82) is 0 Å². The van der Waals surface area contributed by atoms with Crippen LogP contribution in [0, 0.1) is 0 Å². The first kappa shape index (κ1) is 13.0. The van der Waals surface area contributed by atoms with Crippen LogP contribution in [0.15, 0.2) is 0 Å². The predicted molar refractivity (Wildman–Crippen MR) is 39.1 cm³/mol. The Hall–Kier alpha value is -0.0126. The predicted octanol–water partition coefficient (Wildman–Crippen LogP) is -3.33. The van der Waals surface area contributed by atoms with Gasteiger partial charge < -0.3 is 19.4 Å². The Labute approximate surface area is 89.8 Å². The zero-order valence-electron chi connectivity index (χ0n) is 8.12. The number of rotatable bonds is 3. The van der Waals surface area contributed by atoms with Gasteiger partial charge in [-0.25, -0.2) is 0 Å². The van der Waals surface area contributed by atoms with Crippen LogP contribution in [0.3, 0.4) is 0 Å². The number of carboxylic acid groups (broad SMARTS) is 1. The molecule has 0 radical (unpaired) electrons. The van der Waals surface area contributed by atoms with Gasteiger partial charge in [-0.1, -0.05) is 0 Å². The summed E-state index contributed by atoms with van der Waals surface area (Å²) in [6.45, 7) is 2.11. The van der Waals surface area contributed by atoms with Crippen LogP contribution in [0.4, 0.5) is 0 Å². The van der Waals surface area contributed by atoms with Crippen LogP contribution in [0.1, 0.15) is 26.2 Å². The van der Waals surface area contributed by atoms with Crippen molar-refractivity contribution in [3.8, 4) is 0 Å². The monoisotopic (exact) mass is 180 g/mol. The zero-order chi connectivity index (χ0) is 8.97. The fourth-order valence-corrected chi connectivity index (χ4v) is 1.10. The minimum atomic E-state index is -1.19. The van der Waals surface area contributed by atoms with Gasteiger partial charge in [0.15, 0.2) is 6.29 Å². The van der Waals surface area contributed by atoms with Crippen molar-refractivity contribution < 1.29 is 38.2 Å². The van der Waals surface area contributed by atoms with E-state index >= 15 is 0 Å². The molecule has 1 fully saturated rings. The largest absolute Gasteiger partial charge is 1.00 e. The summed E-state index contributed by atoms with van der Waals surface area (Å²) in [5.41, 5.74) is 0. The molecule has 1 aliphatic heterocycles. The molecule has 0 aliphatic carbocycles. The maximum absolute atomic E-state index is 10.3. The summed E-state index contributed by atoms with van der Waals surface area (Å²) in [5, 5.41) is 10.3. The summed E-state index contributed by atoms with van der Waals surface area (Å²) < 4.78 is 10.3. The molecule has 0 spiro atoms. The number of aliphatic carboxylic acids is 1. The van der Waals surface area contributed by atoms with Crippen LogP contribution in [0.5, 0.6) is 0 Å². The van der Waals surface area contributed by atoms with E-state index in [0.717, 1.165) is 19.3 Å². The molecule has 0 aromatic rings. The van der Waals surface area contributed by atoms with Gasteiger partial charge in [0.25, 0.3) is 0 Å². The van der Waals surface area contributed by atoms with Crippen molar-refractivity contribution >= 4 is 5.97 Å². The molecule has 0 aromatic carbocycles. The van der Waals surface area contributed by atoms with Crippen molar-refractivity contribution in [3.63, 3.8) is 0 Å². The fraction of sp³-hybridized carbons (Fsp3) is 0.875. The van der Waals surface area contributed by atoms with Crippen LogP contribution < -0.4 is 24.0 Å². The van der Waals surface area contributed by atoms with Crippen molar-refractivity contribution in [2.75, 3.05) is 6.61 Å². The second-order valence-electron chi connectivity index (χ2n) is 2.89. The van der Waals surface area contributed by atoms with Crippen LogP contribution >= 0.6 is 0 Å². The van der Waals surface area contributed by atoms with E-state index in [1.165, 1.54) is 6.92 Å². The first-order valence-electron chi connectivity index (χ1n) is 4.18. The van der Waals surface area contributed by atoms with E-state index in [1.807, 2.05) is 0 Å². The summed E-state index contributed by atoms with van der Waals surface area (Å²) in [7, 11) is 0. The molecule has 0 saturated carbocycles. The summed E-state index contributed by atoms with van der Waals surface area (Å²) in [4.78, 5) is 10.3. The van der Waals surface area contributed by atoms with Crippen LogP contribution in [0.2, 0.25) is 0 Å². The first-order chi connectivity index (χ1) is 5.70. The quantitative estimate of drug-likeness (QED) is 0.426. The number of carbonyl (C=O) groups excluding carboxylic acids is 1. The maximum atomic E-state index is 10.3. The molecule has 1 rings (SSSR count). The summed E-state index contributed by atoms with van der Waals surface area (Å²) in [6, 6.07) is 0. The summed E-state index contributed by atoms with van der Waals surface area (Å²) in [5.74, 6) is -1.19. The third-order valence-electron chi connectivity index (χ3n) is 1.83. The molecule has 2 atom stereocenters. The maximum Gasteiger partial charge on any atom is 1.00 e. The Morgan fingerprint density at radius 1 is 1.62 bits per heavy atom. The molecule has 0 bridgehead atoms. The van der Waals surface area contributed by atoms with E-state index in [1.54, 1.807) is 0 Å². The zero-order valence-corrected chi connectivity index (χ0v) is 8.12. The number of ether oxygens (including phenoxy) is 2. The van der Waals surface area contributed by atoms with E-state index in [0.29, 0.717) is 6.61 Å². The summed E-state index contributed by atoms with van der Waals surface area (Å²) in [6.07, 6.45) is 1.60. The molecule has 1 saturated heterocycles. The Bertz CT molecular complexity index is 156. The first-order valence-corrected chi connectivity index (χ1v) is 4.18. The molecular weight excluding hydrogens is 167 g/mol. The molecule has 5 heteroatoms. The number of carbonyl (C=O) groups is 1. The minimum Gasteiger partial charge on any atom is -0.547 e. The Morgan fingerprint density at radius 2 is 2.31 bits per heavy atom. The third-order valence-corrected chi connectivity index (χ3v) is 1.83. The van der Waals surface area contributed by atoms with Gasteiger partial charge in [0.2, 0.25) is 0 Å². The van der Waals surface area contributed by atoms with E-state index in [2.05, 4.69) is 0 Å². The molecule has 4 nitrogen and oxygen atoms in total. The molecule has 70 valence electrons. The van der Waals surface area contributed by atoms with Gasteiger partial charge in [0.05, 0.1) is 12.1 Å². The molecule has 13 heavy (non-hydrogen) atoms. The number of hydrogen-bond donors (Lipinski definition) is 0. The Morgan fingerprint density at radius 3 is 2.77 bits per heavy atom. The number of hydrogen-bond acceptors (Lipinski definition) is 4. The standard InChI is InChI=1S/C8H14O4.Li/c1-6(8(9)10)12-7-4-2-3-5-11-7;/h6-7H,2-5H2,1H3,(H,9,10);/q;+1/p-1/t6-,7?;/m1./s1. The van der Waals surface area contributed by atoms with Crippen molar-refractivity contribution in [3.05, 3.63) is 0 Å². The average Bonchev–Trinajstić information content (AvgIpc) is 2.06.